The second-order valence-corrected chi connectivity index (χ2v) is 3.91. The Morgan fingerprint density at radius 3 is 3.07 bits per heavy atom. The number of carbonyl (C=O) groups is 1. The van der Waals surface area contributed by atoms with Crippen molar-refractivity contribution in [2.24, 2.45) is 0 Å². The minimum absolute atomic E-state index is 0.235. The van der Waals surface area contributed by atoms with E-state index in [0.29, 0.717) is 5.56 Å². The molecule has 0 aromatic carbocycles. The van der Waals surface area contributed by atoms with Crippen molar-refractivity contribution in [3.8, 4) is 0 Å². The van der Waals surface area contributed by atoms with Gasteiger partial charge in [-0.05, 0) is 38.1 Å². The lowest BCUT2D eigenvalue weighted by Crippen LogP contribution is -2.20. The predicted octanol–water partition coefficient (Wildman–Crippen LogP) is 1.55. The van der Waals surface area contributed by atoms with Gasteiger partial charge in [0.2, 0.25) is 0 Å². The minimum Gasteiger partial charge on any atom is -0.478 e. The van der Waals surface area contributed by atoms with Gasteiger partial charge in [0.25, 0.3) is 0 Å². The number of pyridine rings is 1. The molecule has 4 nitrogen and oxygen atoms in total. The van der Waals surface area contributed by atoms with E-state index in [1.54, 1.807) is 6.20 Å². The van der Waals surface area contributed by atoms with Crippen LogP contribution in [0, 0.1) is 0 Å². The van der Waals surface area contributed by atoms with Crippen LogP contribution in [-0.4, -0.2) is 34.6 Å². The lowest BCUT2D eigenvalue weighted by molar-refractivity contribution is 0.0693. The van der Waals surface area contributed by atoms with Gasteiger partial charge in [0, 0.05) is 18.4 Å². The molecule has 1 aromatic heterocycles. The first-order valence-corrected chi connectivity index (χ1v) is 5.07. The summed E-state index contributed by atoms with van der Waals surface area (Å²) in [4.78, 5) is 17.1. The van der Waals surface area contributed by atoms with E-state index in [9.17, 15) is 4.79 Å². The molecule has 1 saturated heterocycles. The van der Waals surface area contributed by atoms with Gasteiger partial charge in [-0.3, -0.25) is 9.88 Å². The summed E-state index contributed by atoms with van der Waals surface area (Å²) in [5, 5.41) is 9.05. The Balaban J connectivity index is 2.38. The predicted molar refractivity (Wildman–Crippen MR) is 55.8 cm³/mol. The van der Waals surface area contributed by atoms with Crippen molar-refractivity contribution in [1.29, 1.82) is 0 Å². The Kier molecular flexibility index (Phi) is 2.68. The second-order valence-electron chi connectivity index (χ2n) is 3.91. The molecular weight excluding hydrogens is 192 g/mol. The van der Waals surface area contributed by atoms with E-state index in [4.69, 9.17) is 5.11 Å². The number of hydrogen-bond acceptors (Lipinski definition) is 3. The summed E-state index contributed by atoms with van der Waals surface area (Å²) < 4.78 is 0. The Labute approximate surface area is 88.6 Å². The van der Waals surface area contributed by atoms with Crippen LogP contribution in [0.25, 0.3) is 0 Å². The molecular formula is C11H14N2O2. The average molecular weight is 206 g/mol. The first kappa shape index (κ1) is 10.1. The quantitative estimate of drug-likeness (QED) is 0.797. The average Bonchev–Trinajstić information content (AvgIpc) is 2.64. The van der Waals surface area contributed by atoms with Crippen molar-refractivity contribution in [3.63, 3.8) is 0 Å². The molecule has 1 unspecified atom stereocenters. The fourth-order valence-electron chi connectivity index (χ4n) is 2.18. The number of carboxylic acid groups (broad SMARTS) is 1. The number of rotatable bonds is 2. The molecule has 1 aliphatic heterocycles. The lowest BCUT2D eigenvalue weighted by atomic mass is 10.0. The summed E-state index contributed by atoms with van der Waals surface area (Å²) in [6.07, 6.45) is 5.25. The molecule has 0 amide bonds. The van der Waals surface area contributed by atoms with E-state index >= 15 is 0 Å². The van der Waals surface area contributed by atoms with Gasteiger partial charge >= 0.3 is 5.97 Å². The van der Waals surface area contributed by atoms with Gasteiger partial charge in [-0.1, -0.05) is 0 Å². The van der Waals surface area contributed by atoms with Crippen molar-refractivity contribution < 1.29 is 9.90 Å². The Hall–Kier alpha value is -1.42. The van der Waals surface area contributed by atoms with Gasteiger partial charge in [-0.25, -0.2) is 4.79 Å². The topological polar surface area (TPSA) is 53.4 Å². The maximum atomic E-state index is 11.0. The molecule has 2 heterocycles. The van der Waals surface area contributed by atoms with Crippen molar-refractivity contribution in [2.45, 2.75) is 18.9 Å². The highest BCUT2D eigenvalue weighted by Gasteiger charge is 2.26. The third-order valence-electron chi connectivity index (χ3n) is 2.96. The van der Waals surface area contributed by atoms with Crippen LogP contribution >= 0.6 is 0 Å². The summed E-state index contributed by atoms with van der Waals surface area (Å²) in [6.45, 7) is 1.03. The molecule has 0 saturated carbocycles. The van der Waals surface area contributed by atoms with Crippen LogP contribution in [0.5, 0.6) is 0 Å². The third kappa shape index (κ3) is 1.85. The molecule has 1 aliphatic rings. The normalized spacial score (nSPS) is 21.8. The highest BCUT2D eigenvalue weighted by atomic mass is 16.4. The zero-order chi connectivity index (χ0) is 10.8. The fourth-order valence-corrected chi connectivity index (χ4v) is 2.18. The monoisotopic (exact) mass is 206 g/mol. The third-order valence-corrected chi connectivity index (χ3v) is 2.96. The maximum absolute atomic E-state index is 11.0. The van der Waals surface area contributed by atoms with Gasteiger partial charge in [0.1, 0.15) is 0 Å². The summed E-state index contributed by atoms with van der Waals surface area (Å²) in [5.74, 6) is -0.890. The van der Waals surface area contributed by atoms with Crippen molar-refractivity contribution in [2.75, 3.05) is 13.6 Å². The molecule has 1 N–H and O–H groups in total. The maximum Gasteiger partial charge on any atom is 0.337 e. The zero-order valence-electron chi connectivity index (χ0n) is 8.68. The first-order valence-electron chi connectivity index (χ1n) is 5.07. The number of aromatic nitrogens is 1. The van der Waals surface area contributed by atoms with Gasteiger partial charge in [0.15, 0.2) is 0 Å². The van der Waals surface area contributed by atoms with Crippen LogP contribution in [-0.2, 0) is 0 Å². The number of carboxylic acids is 1. The summed E-state index contributed by atoms with van der Waals surface area (Å²) in [7, 11) is 2.03. The van der Waals surface area contributed by atoms with Crippen LogP contribution in [0.3, 0.4) is 0 Å². The van der Waals surface area contributed by atoms with Crippen molar-refractivity contribution in [3.05, 3.63) is 29.6 Å². The largest absolute Gasteiger partial charge is 0.478 e. The van der Waals surface area contributed by atoms with Crippen LogP contribution in [0.15, 0.2) is 18.5 Å². The van der Waals surface area contributed by atoms with E-state index in [1.165, 1.54) is 6.20 Å². The van der Waals surface area contributed by atoms with Crippen LogP contribution < -0.4 is 0 Å². The van der Waals surface area contributed by atoms with Gasteiger partial charge in [-0.15, -0.1) is 0 Å². The Morgan fingerprint density at radius 2 is 2.47 bits per heavy atom. The molecule has 1 aromatic rings. The van der Waals surface area contributed by atoms with Crippen LogP contribution in [0.2, 0.25) is 0 Å². The molecule has 0 aliphatic carbocycles. The highest BCUT2D eigenvalue weighted by molar-refractivity contribution is 5.89. The molecule has 0 bridgehead atoms. The van der Waals surface area contributed by atoms with E-state index in [-0.39, 0.29) is 6.04 Å². The van der Waals surface area contributed by atoms with E-state index in [2.05, 4.69) is 9.88 Å². The minimum atomic E-state index is -0.890. The fraction of sp³-hybridized carbons (Fsp3) is 0.455. The second kappa shape index (κ2) is 3.98. The number of hydrogen-bond donors (Lipinski definition) is 1. The number of nitrogens with zero attached hydrogens (tertiary/aromatic N) is 2. The van der Waals surface area contributed by atoms with E-state index < -0.39 is 5.97 Å². The zero-order valence-corrected chi connectivity index (χ0v) is 8.68. The van der Waals surface area contributed by atoms with Crippen LogP contribution in [0.4, 0.5) is 0 Å². The Morgan fingerprint density at radius 1 is 1.67 bits per heavy atom. The molecule has 4 heteroatoms. The standard InChI is InChI=1S/C11H14N2O2/c1-13-6-2-3-10(13)8-4-5-12-7-9(8)11(14)15/h4-5,7,10H,2-3,6H2,1H3,(H,14,15). The SMILES string of the molecule is CN1CCCC1c1ccncc1C(=O)O. The molecule has 15 heavy (non-hydrogen) atoms. The van der Waals surface area contributed by atoms with Crippen molar-refractivity contribution in [1.82, 2.24) is 9.88 Å². The molecule has 1 fully saturated rings. The molecule has 1 atom stereocenters. The van der Waals surface area contributed by atoms with E-state index in [1.807, 2.05) is 13.1 Å². The smallest absolute Gasteiger partial charge is 0.337 e. The summed E-state index contributed by atoms with van der Waals surface area (Å²) in [5.41, 5.74) is 1.22. The van der Waals surface area contributed by atoms with Gasteiger partial charge < -0.3 is 5.11 Å². The van der Waals surface area contributed by atoms with Crippen LogP contribution in [0.1, 0.15) is 34.8 Å². The van der Waals surface area contributed by atoms with Gasteiger partial charge in [0.05, 0.1) is 5.56 Å². The van der Waals surface area contributed by atoms with E-state index in [0.717, 1.165) is 24.9 Å². The van der Waals surface area contributed by atoms with Gasteiger partial charge in [-0.2, -0.15) is 0 Å². The lowest BCUT2D eigenvalue weighted by Gasteiger charge is -2.20. The molecule has 0 spiro atoms. The number of aromatic carboxylic acids is 1. The summed E-state index contributed by atoms with van der Waals surface area (Å²) in [6, 6.07) is 2.05. The first-order chi connectivity index (χ1) is 7.20. The highest BCUT2D eigenvalue weighted by Crippen LogP contribution is 2.31. The molecule has 80 valence electrons. The Bertz CT molecular complexity index is 379. The molecule has 2 rings (SSSR count). The molecule has 0 radical (unpaired) electrons. The number of likely N-dealkylation sites (tertiary alicyclic amines) is 1. The van der Waals surface area contributed by atoms with Crippen molar-refractivity contribution >= 4 is 5.97 Å². The summed E-state index contributed by atoms with van der Waals surface area (Å²) >= 11 is 0.